The van der Waals surface area contributed by atoms with Gasteiger partial charge < -0.3 is 10.4 Å². The van der Waals surface area contributed by atoms with Gasteiger partial charge in [-0.3, -0.25) is 0 Å². The number of halogens is 4. The molecule has 9 heteroatoms. The number of alkyl halides is 3. The fourth-order valence-corrected chi connectivity index (χ4v) is 2.89. The van der Waals surface area contributed by atoms with Crippen LogP contribution in [0.2, 0.25) is 5.02 Å². The number of benzene rings is 1. The van der Waals surface area contributed by atoms with Crippen LogP contribution in [0.25, 0.3) is 0 Å². The van der Waals surface area contributed by atoms with Gasteiger partial charge in [0, 0.05) is 6.42 Å². The van der Waals surface area contributed by atoms with Crippen LogP contribution in [0.15, 0.2) is 30.3 Å². The molecule has 23 heavy (non-hydrogen) atoms. The summed E-state index contributed by atoms with van der Waals surface area (Å²) in [6.07, 6.45) is -4.88. The smallest absolute Gasteiger partial charge is 0.410 e. The molecule has 0 amide bonds. The number of hydrogen-bond acceptors (Lipinski definition) is 3. The van der Waals surface area contributed by atoms with Crippen molar-refractivity contribution >= 4 is 23.4 Å². The van der Waals surface area contributed by atoms with Gasteiger partial charge in [0.15, 0.2) is 11.7 Å². The largest absolute Gasteiger partial charge is 0.476 e. The van der Waals surface area contributed by atoms with Gasteiger partial charge in [-0.05, 0) is 5.56 Å². The third-order valence-corrected chi connectivity index (χ3v) is 4.06. The van der Waals surface area contributed by atoms with E-state index in [1.807, 2.05) is 0 Å². The Labute approximate surface area is 133 Å². The summed E-state index contributed by atoms with van der Waals surface area (Å²) in [5.41, 5.74) is 0.0549. The van der Waals surface area contributed by atoms with Crippen LogP contribution in [0, 0.1) is 0 Å². The Hall–Kier alpha value is -2.22. The summed E-state index contributed by atoms with van der Waals surface area (Å²) in [5.74, 6) is -1.61. The highest BCUT2D eigenvalue weighted by Gasteiger charge is 2.47. The van der Waals surface area contributed by atoms with Crippen molar-refractivity contribution < 1.29 is 23.1 Å². The van der Waals surface area contributed by atoms with Crippen molar-refractivity contribution in [3.8, 4) is 0 Å². The zero-order chi connectivity index (χ0) is 16.8. The van der Waals surface area contributed by atoms with Crippen LogP contribution in [0.1, 0.15) is 34.6 Å². The molecular formula is C14H11ClF3N3O2. The van der Waals surface area contributed by atoms with Gasteiger partial charge in [-0.25, -0.2) is 9.48 Å². The molecule has 1 aromatic carbocycles. The molecule has 2 aromatic rings. The molecular weight excluding hydrogens is 335 g/mol. The Morgan fingerprint density at radius 3 is 2.57 bits per heavy atom. The molecule has 0 aliphatic carbocycles. The van der Waals surface area contributed by atoms with Gasteiger partial charge in [-0.1, -0.05) is 41.9 Å². The molecule has 1 aromatic heterocycles. The van der Waals surface area contributed by atoms with Crippen molar-refractivity contribution in [1.82, 2.24) is 9.78 Å². The quantitative estimate of drug-likeness (QED) is 0.866. The molecule has 1 aliphatic heterocycles. The van der Waals surface area contributed by atoms with Crippen LogP contribution in [-0.2, 0) is 0 Å². The summed E-state index contributed by atoms with van der Waals surface area (Å²) in [6, 6.07) is 5.99. The number of aromatic carboxylic acids is 1. The van der Waals surface area contributed by atoms with Gasteiger partial charge in [-0.2, -0.15) is 18.3 Å². The molecule has 0 saturated heterocycles. The summed E-state index contributed by atoms with van der Waals surface area (Å²) >= 11 is 5.91. The maximum atomic E-state index is 13.4. The summed E-state index contributed by atoms with van der Waals surface area (Å²) in [6.45, 7) is 0. The lowest BCUT2D eigenvalue weighted by molar-refractivity contribution is -0.173. The van der Waals surface area contributed by atoms with E-state index < -0.39 is 29.9 Å². The van der Waals surface area contributed by atoms with E-state index in [1.165, 1.54) is 0 Å². The lowest BCUT2D eigenvalue weighted by Crippen LogP contribution is -2.35. The van der Waals surface area contributed by atoms with E-state index in [0.29, 0.717) is 10.2 Å². The van der Waals surface area contributed by atoms with E-state index >= 15 is 0 Å². The number of rotatable bonds is 2. The molecule has 5 nitrogen and oxygen atoms in total. The van der Waals surface area contributed by atoms with Crippen LogP contribution in [0.3, 0.4) is 0 Å². The second-order valence-electron chi connectivity index (χ2n) is 5.16. The van der Waals surface area contributed by atoms with E-state index in [2.05, 4.69) is 10.4 Å². The van der Waals surface area contributed by atoms with Crippen LogP contribution in [0.4, 0.5) is 19.0 Å². The first-order chi connectivity index (χ1) is 10.8. The molecule has 0 fully saturated rings. The third kappa shape index (κ3) is 2.74. The number of nitrogens with one attached hydrogen (secondary N) is 1. The number of hydrogen-bond donors (Lipinski definition) is 2. The van der Waals surface area contributed by atoms with Gasteiger partial charge in [-0.15, -0.1) is 0 Å². The molecule has 3 rings (SSSR count). The van der Waals surface area contributed by atoms with Crippen LogP contribution >= 0.6 is 11.6 Å². The van der Waals surface area contributed by atoms with E-state index in [4.69, 9.17) is 16.7 Å². The molecule has 1 aliphatic rings. The highest BCUT2D eigenvalue weighted by atomic mass is 35.5. The third-order valence-electron chi connectivity index (χ3n) is 3.70. The number of anilines is 1. The van der Waals surface area contributed by atoms with E-state index in [0.717, 1.165) is 0 Å². The topological polar surface area (TPSA) is 67.1 Å². The second kappa shape index (κ2) is 5.45. The Morgan fingerprint density at radius 2 is 2.00 bits per heavy atom. The van der Waals surface area contributed by atoms with Gasteiger partial charge in [0.25, 0.3) is 0 Å². The molecule has 122 valence electrons. The Bertz CT molecular complexity index is 746. The van der Waals surface area contributed by atoms with Crippen molar-refractivity contribution in [2.24, 2.45) is 0 Å². The average Bonchev–Trinajstić information content (AvgIpc) is 2.84. The molecule has 0 spiro atoms. The molecule has 0 unspecified atom stereocenters. The number of carboxylic acids is 1. The Kier molecular flexibility index (Phi) is 3.71. The molecule has 0 radical (unpaired) electrons. The molecule has 2 heterocycles. The maximum absolute atomic E-state index is 13.4. The molecule has 2 atom stereocenters. The maximum Gasteiger partial charge on any atom is 0.410 e. The Morgan fingerprint density at radius 1 is 1.35 bits per heavy atom. The lowest BCUT2D eigenvalue weighted by Gasteiger charge is -2.33. The van der Waals surface area contributed by atoms with Crippen LogP contribution in [0.5, 0.6) is 0 Å². The summed E-state index contributed by atoms with van der Waals surface area (Å²) in [5, 5.41) is 15.1. The number of aromatic nitrogens is 2. The number of fused-ring (bicyclic) bond motifs is 1. The fraction of sp³-hybridized carbons (Fsp3) is 0.286. The number of carbonyl (C=O) groups is 1. The van der Waals surface area contributed by atoms with Crippen molar-refractivity contribution in [3.05, 3.63) is 46.6 Å². The van der Waals surface area contributed by atoms with Crippen molar-refractivity contribution in [2.75, 3.05) is 5.32 Å². The van der Waals surface area contributed by atoms with Crippen LogP contribution in [-0.4, -0.2) is 27.0 Å². The van der Waals surface area contributed by atoms with E-state index in [-0.39, 0.29) is 17.3 Å². The SMILES string of the molecule is O=C(O)c1nn2c(c1Cl)N[C@H](c1ccccc1)C[C@H]2C(F)(F)F. The molecule has 0 bridgehead atoms. The van der Waals surface area contributed by atoms with Gasteiger partial charge in [0.2, 0.25) is 0 Å². The van der Waals surface area contributed by atoms with Crippen LogP contribution < -0.4 is 5.32 Å². The number of nitrogens with zero attached hydrogens (tertiary/aromatic N) is 2. The fourth-order valence-electron chi connectivity index (χ4n) is 2.63. The normalized spacial score (nSPS) is 20.7. The highest BCUT2D eigenvalue weighted by molar-refractivity contribution is 6.35. The number of carboxylic acid groups (broad SMARTS) is 1. The zero-order valence-corrected chi connectivity index (χ0v) is 12.3. The summed E-state index contributed by atoms with van der Waals surface area (Å²) in [4.78, 5) is 11.1. The first-order valence-electron chi connectivity index (χ1n) is 6.68. The highest BCUT2D eigenvalue weighted by Crippen LogP contribution is 2.46. The molecule has 0 saturated carbocycles. The monoisotopic (exact) mass is 345 g/mol. The van der Waals surface area contributed by atoms with Gasteiger partial charge in [0.1, 0.15) is 10.8 Å². The first kappa shape index (κ1) is 15.7. The van der Waals surface area contributed by atoms with E-state index in [1.54, 1.807) is 30.3 Å². The van der Waals surface area contributed by atoms with E-state index in [9.17, 15) is 18.0 Å². The lowest BCUT2D eigenvalue weighted by atomic mass is 9.97. The summed E-state index contributed by atoms with van der Waals surface area (Å²) < 4.78 is 40.7. The predicted molar refractivity (Wildman–Crippen MR) is 76.7 cm³/mol. The molecule has 2 N–H and O–H groups in total. The Balaban J connectivity index is 2.10. The van der Waals surface area contributed by atoms with Crippen molar-refractivity contribution in [3.63, 3.8) is 0 Å². The average molecular weight is 346 g/mol. The van der Waals surface area contributed by atoms with Crippen molar-refractivity contribution in [2.45, 2.75) is 24.7 Å². The van der Waals surface area contributed by atoms with Gasteiger partial charge >= 0.3 is 12.1 Å². The minimum atomic E-state index is -4.57. The van der Waals surface area contributed by atoms with Gasteiger partial charge in [0.05, 0.1) is 6.04 Å². The standard InChI is InChI=1S/C14H11ClF3N3O2/c15-10-11(13(22)23)20-21-9(14(16,17)18)6-8(19-12(10)21)7-4-2-1-3-5-7/h1-5,8-9,19H,6H2,(H,22,23)/t8-,9-/m0/s1. The second-order valence-corrected chi connectivity index (χ2v) is 5.54. The zero-order valence-electron chi connectivity index (χ0n) is 11.5. The minimum absolute atomic E-state index is 0.133. The predicted octanol–water partition coefficient (Wildman–Crippen LogP) is 3.90. The summed E-state index contributed by atoms with van der Waals surface area (Å²) in [7, 11) is 0. The van der Waals surface area contributed by atoms with Crippen molar-refractivity contribution in [1.29, 1.82) is 0 Å². The first-order valence-corrected chi connectivity index (χ1v) is 7.06. The minimum Gasteiger partial charge on any atom is -0.476 e.